The van der Waals surface area contributed by atoms with Crippen molar-refractivity contribution in [1.82, 2.24) is 20.0 Å². The van der Waals surface area contributed by atoms with Crippen LogP contribution in [0.15, 0.2) is 6.07 Å². The number of carbonyl (C=O) groups excluding carboxylic acids is 1. The summed E-state index contributed by atoms with van der Waals surface area (Å²) in [6.45, 7) is 11.9. The highest BCUT2D eigenvalue weighted by Gasteiger charge is 2.24. The number of aryl methyl sites for hydroxylation is 2. The molecule has 1 aliphatic heterocycles. The first-order valence-corrected chi connectivity index (χ1v) is 8.63. The maximum Gasteiger partial charge on any atom is 0.317 e. The zero-order chi connectivity index (χ0) is 16.8. The third-order valence-electron chi connectivity index (χ3n) is 4.28. The lowest BCUT2D eigenvalue weighted by molar-refractivity contribution is 0.0751. The molecule has 6 nitrogen and oxygen atoms in total. The summed E-state index contributed by atoms with van der Waals surface area (Å²) in [4.78, 5) is 14.4. The van der Waals surface area contributed by atoms with Gasteiger partial charge in [-0.1, -0.05) is 0 Å². The van der Waals surface area contributed by atoms with Gasteiger partial charge in [0.05, 0.1) is 18.8 Å². The standard InChI is InChI=1S/C17H30N4O2/c1-5-23-12-16-7-6-8-20(11-16)17(22)18-14(3)10-21-15(4)9-13(2)19-21/h9,14,16H,5-8,10-12H2,1-4H3,(H,18,22)/t14-,16+/m1/s1. The van der Waals surface area contributed by atoms with E-state index in [1.165, 1.54) is 0 Å². The molecular weight excluding hydrogens is 292 g/mol. The van der Waals surface area contributed by atoms with E-state index in [4.69, 9.17) is 4.74 Å². The van der Waals surface area contributed by atoms with Gasteiger partial charge in [0, 0.05) is 37.4 Å². The summed E-state index contributed by atoms with van der Waals surface area (Å²) in [7, 11) is 0. The minimum absolute atomic E-state index is 0.0280. The van der Waals surface area contributed by atoms with Crippen molar-refractivity contribution >= 4 is 6.03 Å². The number of aromatic nitrogens is 2. The van der Waals surface area contributed by atoms with Gasteiger partial charge in [0.2, 0.25) is 0 Å². The predicted molar refractivity (Wildman–Crippen MR) is 90.5 cm³/mol. The molecule has 0 unspecified atom stereocenters. The molecule has 1 aliphatic rings. The Hall–Kier alpha value is -1.56. The number of nitrogens with zero attached hydrogens (tertiary/aromatic N) is 3. The number of likely N-dealkylation sites (tertiary alicyclic amines) is 1. The Morgan fingerprint density at radius 1 is 1.52 bits per heavy atom. The van der Waals surface area contributed by atoms with Crippen LogP contribution in [0.3, 0.4) is 0 Å². The predicted octanol–water partition coefficient (Wildman–Crippen LogP) is 2.35. The van der Waals surface area contributed by atoms with Gasteiger partial charge in [0.1, 0.15) is 0 Å². The second-order valence-electron chi connectivity index (χ2n) is 6.57. The highest BCUT2D eigenvalue weighted by atomic mass is 16.5. The van der Waals surface area contributed by atoms with Crippen LogP contribution in [0.1, 0.15) is 38.1 Å². The first-order chi connectivity index (χ1) is 11.0. The molecule has 130 valence electrons. The smallest absolute Gasteiger partial charge is 0.317 e. The summed E-state index contributed by atoms with van der Waals surface area (Å²) in [5.41, 5.74) is 2.13. The normalized spacial score (nSPS) is 19.7. The minimum Gasteiger partial charge on any atom is -0.381 e. The van der Waals surface area contributed by atoms with Crippen LogP contribution < -0.4 is 5.32 Å². The molecule has 1 aromatic heterocycles. The zero-order valence-corrected chi connectivity index (χ0v) is 14.8. The lowest BCUT2D eigenvalue weighted by Crippen LogP contribution is -2.49. The summed E-state index contributed by atoms with van der Waals surface area (Å²) < 4.78 is 7.46. The third-order valence-corrected chi connectivity index (χ3v) is 4.28. The largest absolute Gasteiger partial charge is 0.381 e. The van der Waals surface area contributed by atoms with E-state index in [-0.39, 0.29) is 12.1 Å². The number of nitrogens with one attached hydrogen (secondary N) is 1. The molecule has 1 aromatic rings. The summed E-state index contributed by atoms with van der Waals surface area (Å²) in [5, 5.41) is 7.55. The number of urea groups is 1. The zero-order valence-electron chi connectivity index (χ0n) is 14.8. The molecule has 2 rings (SSSR count). The van der Waals surface area contributed by atoms with Crippen LogP contribution in [0.2, 0.25) is 0 Å². The van der Waals surface area contributed by atoms with E-state index in [0.717, 1.165) is 50.5 Å². The van der Waals surface area contributed by atoms with Crippen LogP contribution in [0.4, 0.5) is 4.79 Å². The number of rotatable bonds is 6. The van der Waals surface area contributed by atoms with Gasteiger partial charge in [-0.3, -0.25) is 4.68 Å². The van der Waals surface area contributed by atoms with Crippen LogP contribution in [0.25, 0.3) is 0 Å². The van der Waals surface area contributed by atoms with Crippen molar-refractivity contribution in [3.05, 3.63) is 17.5 Å². The van der Waals surface area contributed by atoms with E-state index in [1.807, 2.05) is 37.3 Å². The fourth-order valence-electron chi connectivity index (χ4n) is 3.14. The lowest BCUT2D eigenvalue weighted by Gasteiger charge is -2.33. The molecule has 6 heteroatoms. The van der Waals surface area contributed by atoms with Crippen molar-refractivity contribution in [3.63, 3.8) is 0 Å². The highest BCUT2D eigenvalue weighted by Crippen LogP contribution is 2.17. The molecule has 0 aromatic carbocycles. The Morgan fingerprint density at radius 3 is 2.96 bits per heavy atom. The number of hydrogen-bond donors (Lipinski definition) is 1. The van der Waals surface area contributed by atoms with Gasteiger partial charge in [-0.2, -0.15) is 5.10 Å². The van der Waals surface area contributed by atoms with E-state index in [9.17, 15) is 4.79 Å². The van der Waals surface area contributed by atoms with E-state index in [2.05, 4.69) is 16.5 Å². The van der Waals surface area contributed by atoms with Gasteiger partial charge in [-0.05, 0) is 46.6 Å². The number of hydrogen-bond acceptors (Lipinski definition) is 3. The molecule has 0 aliphatic carbocycles. The van der Waals surface area contributed by atoms with Crippen LogP contribution in [-0.2, 0) is 11.3 Å². The molecule has 1 fully saturated rings. The topological polar surface area (TPSA) is 59.4 Å². The first-order valence-electron chi connectivity index (χ1n) is 8.63. The molecule has 2 heterocycles. The third kappa shape index (κ3) is 5.23. The fourth-order valence-corrected chi connectivity index (χ4v) is 3.14. The SMILES string of the molecule is CCOC[C@H]1CCCN(C(=O)N[C@H](C)Cn2nc(C)cc2C)C1. The van der Waals surface area contributed by atoms with Crippen LogP contribution in [0, 0.1) is 19.8 Å². The Bertz CT molecular complexity index is 515. The number of carbonyl (C=O) groups is 1. The molecule has 2 amide bonds. The molecular formula is C17H30N4O2. The van der Waals surface area contributed by atoms with E-state index in [0.29, 0.717) is 12.5 Å². The molecule has 0 bridgehead atoms. The molecule has 0 saturated carbocycles. The Kier molecular flexibility index (Phi) is 6.45. The van der Waals surface area contributed by atoms with Crippen molar-refractivity contribution in [2.24, 2.45) is 5.92 Å². The van der Waals surface area contributed by atoms with Gasteiger partial charge in [0.15, 0.2) is 0 Å². The second-order valence-corrected chi connectivity index (χ2v) is 6.57. The van der Waals surface area contributed by atoms with Crippen LogP contribution in [0.5, 0.6) is 0 Å². The lowest BCUT2D eigenvalue weighted by atomic mass is 9.99. The van der Waals surface area contributed by atoms with E-state index < -0.39 is 0 Å². The molecule has 0 spiro atoms. The minimum atomic E-state index is 0.0280. The number of piperidine rings is 1. The van der Waals surface area contributed by atoms with E-state index >= 15 is 0 Å². The van der Waals surface area contributed by atoms with Gasteiger partial charge in [0.25, 0.3) is 0 Å². The average molecular weight is 322 g/mol. The molecule has 1 saturated heterocycles. The number of ether oxygens (including phenoxy) is 1. The summed E-state index contributed by atoms with van der Waals surface area (Å²) in [5.74, 6) is 0.459. The average Bonchev–Trinajstić information content (AvgIpc) is 2.83. The highest BCUT2D eigenvalue weighted by molar-refractivity contribution is 5.74. The van der Waals surface area contributed by atoms with Crippen molar-refractivity contribution in [2.45, 2.75) is 53.1 Å². The Morgan fingerprint density at radius 2 is 2.30 bits per heavy atom. The number of amides is 2. The van der Waals surface area contributed by atoms with Gasteiger partial charge >= 0.3 is 6.03 Å². The van der Waals surface area contributed by atoms with Crippen molar-refractivity contribution in [1.29, 1.82) is 0 Å². The fraction of sp³-hybridized carbons (Fsp3) is 0.765. The van der Waals surface area contributed by atoms with Crippen LogP contribution >= 0.6 is 0 Å². The summed E-state index contributed by atoms with van der Waals surface area (Å²) >= 11 is 0. The summed E-state index contributed by atoms with van der Waals surface area (Å²) in [6, 6.07) is 2.13. The molecule has 23 heavy (non-hydrogen) atoms. The van der Waals surface area contributed by atoms with Gasteiger partial charge in [-0.15, -0.1) is 0 Å². The second kappa shape index (κ2) is 8.34. The monoisotopic (exact) mass is 322 g/mol. The Balaban J connectivity index is 1.82. The summed E-state index contributed by atoms with van der Waals surface area (Å²) in [6.07, 6.45) is 2.20. The van der Waals surface area contributed by atoms with Crippen LogP contribution in [-0.4, -0.2) is 53.1 Å². The van der Waals surface area contributed by atoms with Gasteiger partial charge < -0.3 is 15.0 Å². The Labute approximate surface area is 139 Å². The molecule has 0 radical (unpaired) electrons. The first kappa shape index (κ1) is 17.8. The van der Waals surface area contributed by atoms with Crippen molar-refractivity contribution in [3.8, 4) is 0 Å². The van der Waals surface area contributed by atoms with Crippen molar-refractivity contribution < 1.29 is 9.53 Å². The maximum atomic E-state index is 12.5. The van der Waals surface area contributed by atoms with Crippen molar-refractivity contribution in [2.75, 3.05) is 26.3 Å². The quantitative estimate of drug-likeness (QED) is 0.874. The van der Waals surface area contributed by atoms with E-state index in [1.54, 1.807) is 0 Å². The van der Waals surface area contributed by atoms with Gasteiger partial charge in [-0.25, -0.2) is 4.79 Å². The molecule has 1 N–H and O–H groups in total. The maximum absolute atomic E-state index is 12.5. The molecule has 2 atom stereocenters.